The van der Waals surface area contributed by atoms with Gasteiger partial charge in [0.15, 0.2) is 5.79 Å². The molecule has 1 saturated heterocycles. The lowest BCUT2D eigenvalue weighted by Crippen LogP contribution is -2.42. The van der Waals surface area contributed by atoms with E-state index in [9.17, 15) is 0 Å². The molecule has 0 amide bonds. The minimum absolute atomic E-state index is 0.143. The van der Waals surface area contributed by atoms with Crippen molar-refractivity contribution in [2.45, 2.75) is 85.2 Å². The highest BCUT2D eigenvalue weighted by molar-refractivity contribution is 4.98. The van der Waals surface area contributed by atoms with E-state index < -0.39 is 0 Å². The molecule has 0 aromatic carbocycles. The van der Waals surface area contributed by atoms with Gasteiger partial charge in [0, 0.05) is 12.8 Å². The van der Waals surface area contributed by atoms with Gasteiger partial charge in [0.05, 0.1) is 12.2 Å². The molecule has 17 heavy (non-hydrogen) atoms. The van der Waals surface area contributed by atoms with Gasteiger partial charge in [-0.1, -0.05) is 41.5 Å². The highest BCUT2D eigenvalue weighted by Gasteiger charge is 2.55. The lowest BCUT2D eigenvalue weighted by Gasteiger charge is -2.36. The fourth-order valence-corrected chi connectivity index (χ4v) is 3.03. The second-order valence-corrected chi connectivity index (χ2v) is 7.93. The Hall–Kier alpha value is -0.0800. The zero-order chi connectivity index (χ0) is 12.9. The molecular weight excluding hydrogens is 212 g/mol. The molecule has 2 rings (SSSR count). The third kappa shape index (κ3) is 2.53. The normalized spacial score (nSPS) is 33.5. The van der Waals surface area contributed by atoms with Crippen molar-refractivity contribution in [1.82, 2.24) is 0 Å². The van der Waals surface area contributed by atoms with Crippen LogP contribution in [0.5, 0.6) is 0 Å². The average Bonchev–Trinajstić information content (AvgIpc) is 2.72. The van der Waals surface area contributed by atoms with E-state index in [2.05, 4.69) is 41.5 Å². The van der Waals surface area contributed by atoms with Crippen molar-refractivity contribution < 1.29 is 9.47 Å². The van der Waals surface area contributed by atoms with Gasteiger partial charge in [-0.25, -0.2) is 0 Å². The summed E-state index contributed by atoms with van der Waals surface area (Å²) in [5, 5.41) is 0. The third-order valence-electron chi connectivity index (χ3n) is 4.03. The van der Waals surface area contributed by atoms with Crippen molar-refractivity contribution in [2.24, 2.45) is 10.8 Å². The molecule has 1 saturated carbocycles. The van der Waals surface area contributed by atoms with E-state index in [1.54, 1.807) is 0 Å². The molecule has 0 bridgehead atoms. The van der Waals surface area contributed by atoms with Crippen molar-refractivity contribution in [1.29, 1.82) is 0 Å². The number of hydrogen-bond donors (Lipinski definition) is 0. The third-order valence-corrected chi connectivity index (χ3v) is 4.03. The van der Waals surface area contributed by atoms with Crippen LogP contribution in [0.15, 0.2) is 0 Å². The Bertz CT molecular complexity index is 252. The second-order valence-electron chi connectivity index (χ2n) is 7.93. The molecule has 2 aliphatic rings. The molecular formula is C15H28O2. The molecule has 0 aromatic rings. The van der Waals surface area contributed by atoms with Crippen LogP contribution < -0.4 is 0 Å². The van der Waals surface area contributed by atoms with E-state index in [-0.39, 0.29) is 28.8 Å². The van der Waals surface area contributed by atoms with Crippen molar-refractivity contribution in [3.8, 4) is 0 Å². The summed E-state index contributed by atoms with van der Waals surface area (Å²) in [5.74, 6) is -0.254. The summed E-state index contributed by atoms with van der Waals surface area (Å²) >= 11 is 0. The van der Waals surface area contributed by atoms with E-state index >= 15 is 0 Å². The Morgan fingerprint density at radius 3 is 1.41 bits per heavy atom. The number of hydrogen-bond acceptors (Lipinski definition) is 2. The van der Waals surface area contributed by atoms with Gasteiger partial charge < -0.3 is 9.47 Å². The minimum atomic E-state index is -0.254. The zero-order valence-corrected chi connectivity index (χ0v) is 12.3. The van der Waals surface area contributed by atoms with Gasteiger partial charge in [-0.05, 0) is 23.7 Å². The maximum atomic E-state index is 6.39. The standard InChI is InChI=1S/C15H28O2/c1-13(2,3)11-12(14(4,5)6)17-15(16-11)9-7-8-10-15/h11-12H,7-10H2,1-6H3. The molecule has 1 aliphatic heterocycles. The summed E-state index contributed by atoms with van der Waals surface area (Å²) in [7, 11) is 0. The molecule has 0 aromatic heterocycles. The van der Waals surface area contributed by atoms with E-state index in [1.807, 2.05) is 0 Å². The van der Waals surface area contributed by atoms with Crippen LogP contribution in [0.1, 0.15) is 67.2 Å². The molecule has 0 radical (unpaired) electrons. The molecule has 1 heterocycles. The maximum absolute atomic E-state index is 6.39. The van der Waals surface area contributed by atoms with E-state index in [4.69, 9.17) is 9.47 Å². The Labute approximate surface area is 106 Å². The fraction of sp³-hybridized carbons (Fsp3) is 1.00. The molecule has 1 spiro atoms. The van der Waals surface area contributed by atoms with Gasteiger partial charge in [-0.15, -0.1) is 0 Å². The lowest BCUT2D eigenvalue weighted by atomic mass is 9.76. The molecule has 2 unspecified atom stereocenters. The quantitative estimate of drug-likeness (QED) is 0.633. The largest absolute Gasteiger partial charge is 0.343 e. The SMILES string of the molecule is CC(C)(C)C1OC2(CCCC2)OC1C(C)(C)C. The fourth-order valence-electron chi connectivity index (χ4n) is 3.03. The van der Waals surface area contributed by atoms with Crippen LogP contribution >= 0.6 is 0 Å². The van der Waals surface area contributed by atoms with Crippen LogP contribution in [0.4, 0.5) is 0 Å². The highest BCUT2D eigenvalue weighted by atomic mass is 16.8. The molecule has 1 aliphatic carbocycles. The average molecular weight is 240 g/mol. The second kappa shape index (κ2) is 3.96. The van der Waals surface area contributed by atoms with Crippen molar-refractivity contribution in [3.05, 3.63) is 0 Å². The van der Waals surface area contributed by atoms with E-state index in [0.29, 0.717) is 0 Å². The maximum Gasteiger partial charge on any atom is 0.169 e. The first kappa shape index (κ1) is 13.4. The van der Waals surface area contributed by atoms with E-state index in [1.165, 1.54) is 12.8 Å². The van der Waals surface area contributed by atoms with Crippen LogP contribution in [0.2, 0.25) is 0 Å². The van der Waals surface area contributed by atoms with Crippen LogP contribution in [0, 0.1) is 10.8 Å². The Kier molecular flexibility index (Phi) is 3.11. The first-order chi connectivity index (χ1) is 7.64. The molecule has 0 N–H and O–H groups in total. The summed E-state index contributed by atoms with van der Waals surface area (Å²) in [6, 6.07) is 0. The molecule has 2 nitrogen and oxygen atoms in total. The summed E-state index contributed by atoms with van der Waals surface area (Å²) < 4.78 is 12.8. The lowest BCUT2D eigenvalue weighted by molar-refractivity contribution is -0.181. The Morgan fingerprint density at radius 1 is 0.765 bits per heavy atom. The first-order valence-corrected chi connectivity index (χ1v) is 7.00. The summed E-state index contributed by atoms with van der Waals surface area (Å²) in [6.07, 6.45) is 5.06. The smallest absolute Gasteiger partial charge is 0.169 e. The van der Waals surface area contributed by atoms with Gasteiger partial charge >= 0.3 is 0 Å². The number of ether oxygens (including phenoxy) is 2. The monoisotopic (exact) mass is 240 g/mol. The summed E-state index contributed by atoms with van der Waals surface area (Å²) in [5.41, 5.74) is 0.286. The highest BCUT2D eigenvalue weighted by Crippen LogP contribution is 2.50. The topological polar surface area (TPSA) is 18.5 Å². The van der Waals surface area contributed by atoms with Gasteiger partial charge in [-0.3, -0.25) is 0 Å². The Balaban J connectivity index is 2.24. The minimum Gasteiger partial charge on any atom is -0.343 e. The first-order valence-electron chi connectivity index (χ1n) is 7.00. The molecule has 100 valence electrons. The zero-order valence-electron chi connectivity index (χ0n) is 12.3. The Morgan fingerprint density at radius 2 is 1.12 bits per heavy atom. The van der Waals surface area contributed by atoms with Gasteiger partial charge in [0.25, 0.3) is 0 Å². The molecule has 2 fully saturated rings. The van der Waals surface area contributed by atoms with Gasteiger partial charge in [-0.2, -0.15) is 0 Å². The van der Waals surface area contributed by atoms with Crippen molar-refractivity contribution in [2.75, 3.05) is 0 Å². The van der Waals surface area contributed by atoms with E-state index in [0.717, 1.165) is 12.8 Å². The van der Waals surface area contributed by atoms with Crippen molar-refractivity contribution in [3.63, 3.8) is 0 Å². The van der Waals surface area contributed by atoms with Crippen LogP contribution in [0.25, 0.3) is 0 Å². The van der Waals surface area contributed by atoms with Crippen LogP contribution in [-0.2, 0) is 9.47 Å². The summed E-state index contributed by atoms with van der Waals surface area (Å²) in [6.45, 7) is 13.5. The van der Waals surface area contributed by atoms with Crippen LogP contribution in [-0.4, -0.2) is 18.0 Å². The number of rotatable bonds is 0. The van der Waals surface area contributed by atoms with Crippen LogP contribution in [0.3, 0.4) is 0 Å². The predicted molar refractivity (Wildman–Crippen MR) is 69.9 cm³/mol. The summed E-state index contributed by atoms with van der Waals surface area (Å²) in [4.78, 5) is 0. The molecule has 2 heteroatoms. The molecule has 2 atom stereocenters. The predicted octanol–water partition coefficient (Wildman–Crippen LogP) is 4.13. The van der Waals surface area contributed by atoms with Crippen molar-refractivity contribution >= 4 is 0 Å². The van der Waals surface area contributed by atoms with Gasteiger partial charge in [0.2, 0.25) is 0 Å². The van der Waals surface area contributed by atoms with Gasteiger partial charge in [0.1, 0.15) is 0 Å².